The molecule has 0 atom stereocenters. The van der Waals surface area contributed by atoms with Crippen LogP contribution in [-0.2, 0) is 0 Å². The Balaban J connectivity index is 1.15. The van der Waals surface area contributed by atoms with Gasteiger partial charge in [0.05, 0.1) is 5.69 Å². The maximum Gasteiger partial charge on any atom is 0.165 e. The molecule has 9 rings (SSSR count). The molecule has 0 saturated heterocycles. The zero-order valence-electron chi connectivity index (χ0n) is 25.2. The summed E-state index contributed by atoms with van der Waals surface area (Å²) in [5.74, 6) is 1.87. The SMILES string of the molecule is c1ccc(-c2ccc(-c3nc(-c4ccccc4)nc(-c4ccc(-c5nc6c(nc7ccccn76)c6ccccc56)cc4)n3)cc2)cc1. The van der Waals surface area contributed by atoms with E-state index >= 15 is 0 Å². The number of benzene rings is 5. The monoisotopic (exact) mass is 602 g/mol. The summed E-state index contributed by atoms with van der Waals surface area (Å²) in [6.45, 7) is 0. The van der Waals surface area contributed by atoms with Gasteiger partial charge in [-0.1, -0.05) is 140 Å². The fourth-order valence-corrected chi connectivity index (χ4v) is 6.12. The van der Waals surface area contributed by atoms with Crippen molar-refractivity contribution >= 4 is 27.6 Å². The van der Waals surface area contributed by atoms with Crippen LogP contribution in [0.2, 0.25) is 0 Å². The van der Waals surface area contributed by atoms with Gasteiger partial charge < -0.3 is 0 Å². The third kappa shape index (κ3) is 4.80. The first-order valence-corrected chi connectivity index (χ1v) is 15.5. The average Bonchev–Trinajstić information content (AvgIpc) is 3.54. The lowest BCUT2D eigenvalue weighted by Gasteiger charge is -2.10. The van der Waals surface area contributed by atoms with E-state index in [1.165, 1.54) is 5.56 Å². The van der Waals surface area contributed by atoms with Crippen LogP contribution in [0.25, 0.3) is 84.1 Å². The van der Waals surface area contributed by atoms with Crippen molar-refractivity contribution in [3.05, 3.63) is 158 Å². The highest BCUT2D eigenvalue weighted by Gasteiger charge is 2.16. The first-order chi connectivity index (χ1) is 23.3. The Bertz CT molecular complexity index is 2540. The Morgan fingerprint density at radius 2 is 0.809 bits per heavy atom. The van der Waals surface area contributed by atoms with E-state index < -0.39 is 0 Å². The lowest BCUT2D eigenvalue weighted by Crippen LogP contribution is -2.00. The first-order valence-electron chi connectivity index (χ1n) is 15.5. The summed E-state index contributed by atoms with van der Waals surface area (Å²) in [6, 6.07) is 51.5. The highest BCUT2D eigenvalue weighted by Crippen LogP contribution is 2.34. The molecule has 0 aliphatic carbocycles. The van der Waals surface area contributed by atoms with Gasteiger partial charge in [-0.15, -0.1) is 0 Å². The molecule has 0 N–H and O–H groups in total. The van der Waals surface area contributed by atoms with Crippen LogP contribution in [0.5, 0.6) is 0 Å². The quantitative estimate of drug-likeness (QED) is 0.196. The summed E-state index contributed by atoms with van der Waals surface area (Å²) in [4.78, 5) is 24.9. The number of aromatic nitrogens is 6. The minimum atomic E-state index is 0.614. The van der Waals surface area contributed by atoms with Crippen LogP contribution in [-0.4, -0.2) is 29.3 Å². The zero-order valence-corrected chi connectivity index (χ0v) is 25.2. The molecule has 0 unspecified atom stereocenters. The second kappa shape index (κ2) is 11.1. The third-order valence-corrected chi connectivity index (χ3v) is 8.49. The minimum absolute atomic E-state index is 0.614. The third-order valence-electron chi connectivity index (χ3n) is 8.49. The van der Waals surface area contributed by atoms with Gasteiger partial charge in [0, 0.05) is 39.2 Å². The molecule has 9 aromatic rings. The van der Waals surface area contributed by atoms with E-state index in [9.17, 15) is 0 Å². The molecule has 0 aliphatic heterocycles. The van der Waals surface area contributed by atoms with Crippen molar-refractivity contribution in [2.45, 2.75) is 0 Å². The molecule has 220 valence electrons. The van der Waals surface area contributed by atoms with Gasteiger partial charge in [-0.05, 0) is 23.3 Å². The van der Waals surface area contributed by atoms with E-state index in [2.05, 4.69) is 91.0 Å². The van der Waals surface area contributed by atoms with E-state index in [0.29, 0.717) is 17.5 Å². The lowest BCUT2D eigenvalue weighted by molar-refractivity contribution is 1.07. The van der Waals surface area contributed by atoms with Crippen molar-refractivity contribution in [3.8, 4) is 56.5 Å². The fourth-order valence-electron chi connectivity index (χ4n) is 6.12. The maximum atomic E-state index is 5.16. The van der Waals surface area contributed by atoms with E-state index in [1.54, 1.807) is 0 Å². The Kier molecular flexibility index (Phi) is 6.35. The van der Waals surface area contributed by atoms with Gasteiger partial charge in [0.2, 0.25) is 0 Å². The molecule has 5 aromatic carbocycles. The molecular weight excluding hydrogens is 576 g/mol. The first kappa shape index (κ1) is 26.8. The highest BCUT2D eigenvalue weighted by molar-refractivity contribution is 6.09. The van der Waals surface area contributed by atoms with Crippen molar-refractivity contribution in [2.75, 3.05) is 0 Å². The summed E-state index contributed by atoms with van der Waals surface area (Å²) >= 11 is 0. The van der Waals surface area contributed by atoms with E-state index in [4.69, 9.17) is 24.9 Å². The molecule has 6 nitrogen and oxygen atoms in total. The highest BCUT2D eigenvalue weighted by atomic mass is 15.1. The number of hydrogen-bond donors (Lipinski definition) is 0. The minimum Gasteiger partial charge on any atom is -0.284 e. The predicted molar refractivity (Wildman–Crippen MR) is 189 cm³/mol. The van der Waals surface area contributed by atoms with Crippen molar-refractivity contribution < 1.29 is 0 Å². The zero-order chi connectivity index (χ0) is 31.2. The van der Waals surface area contributed by atoms with Gasteiger partial charge in [-0.3, -0.25) is 4.40 Å². The molecule has 47 heavy (non-hydrogen) atoms. The lowest BCUT2D eigenvalue weighted by atomic mass is 10.0. The van der Waals surface area contributed by atoms with Gasteiger partial charge >= 0.3 is 0 Å². The van der Waals surface area contributed by atoms with Crippen LogP contribution in [0.3, 0.4) is 0 Å². The van der Waals surface area contributed by atoms with Gasteiger partial charge in [0.25, 0.3) is 0 Å². The molecule has 0 aliphatic rings. The van der Waals surface area contributed by atoms with Crippen LogP contribution in [0.1, 0.15) is 0 Å². The van der Waals surface area contributed by atoms with Gasteiger partial charge in [0.15, 0.2) is 23.1 Å². The van der Waals surface area contributed by atoms with Crippen molar-refractivity contribution in [3.63, 3.8) is 0 Å². The summed E-state index contributed by atoms with van der Waals surface area (Å²) in [6.07, 6.45) is 2.01. The number of fused-ring (bicyclic) bond motifs is 5. The van der Waals surface area contributed by atoms with Crippen molar-refractivity contribution in [1.82, 2.24) is 29.3 Å². The largest absolute Gasteiger partial charge is 0.284 e. The molecule has 4 aromatic heterocycles. The molecule has 6 heteroatoms. The summed E-state index contributed by atoms with van der Waals surface area (Å²) < 4.78 is 2.05. The maximum absolute atomic E-state index is 5.16. The van der Waals surface area contributed by atoms with Crippen LogP contribution in [0.4, 0.5) is 0 Å². The second-order valence-corrected chi connectivity index (χ2v) is 11.4. The molecule has 0 amide bonds. The number of imidazole rings is 1. The summed E-state index contributed by atoms with van der Waals surface area (Å²) in [7, 11) is 0. The molecular formula is C41H26N6. The molecule has 0 fully saturated rings. The Hall–Kier alpha value is -6.53. The summed E-state index contributed by atoms with van der Waals surface area (Å²) in [5.41, 5.74) is 9.61. The van der Waals surface area contributed by atoms with Gasteiger partial charge in [0.1, 0.15) is 11.2 Å². The molecule has 4 heterocycles. The second-order valence-electron chi connectivity index (χ2n) is 11.4. The van der Waals surface area contributed by atoms with Crippen molar-refractivity contribution in [1.29, 1.82) is 0 Å². The standard InChI is InChI=1S/C41H26N6/c1-3-11-27(12-4-1)28-18-22-31(23-19-28)39-44-38(30-13-5-2-6-14-30)45-40(46-39)32-24-20-29(21-25-32)36-33-15-7-8-16-34(33)37-41(43-36)47-26-10-9-17-35(47)42-37/h1-26H. The van der Waals surface area contributed by atoms with Crippen LogP contribution in [0, 0.1) is 0 Å². The number of rotatable bonds is 5. The molecule has 0 spiro atoms. The Labute approximate surface area is 270 Å². The number of nitrogens with zero attached hydrogens (tertiary/aromatic N) is 6. The summed E-state index contributed by atoms with van der Waals surface area (Å²) in [5, 5.41) is 2.14. The smallest absolute Gasteiger partial charge is 0.165 e. The molecule has 0 radical (unpaired) electrons. The van der Waals surface area contributed by atoms with E-state index in [1.807, 2.05) is 71.3 Å². The van der Waals surface area contributed by atoms with Crippen LogP contribution >= 0.6 is 0 Å². The van der Waals surface area contributed by atoms with Gasteiger partial charge in [-0.25, -0.2) is 24.9 Å². The predicted octanol–water partition coefficient (Wildman–Crippen LogP) is 9.56. The van der Waals surface area contributed by atoms with Gasteiger partial charge in [-0.2, -0.15) is 0 Å². The number of hydrogen-bond acceptors (Lipinski definition) is 5. The Morgan fingerprint density at radius 3 is 1.45 bits per heavy atom. The fraction of sp³-hybridized carbons (Fsp3) is 0. The molecule has 0 bridgehead atoms. The topological polar surface area (TPSA) is 68.9 Å². The van der Waals surface area contributed by atoms with Crippen LogP contribution in [0.15, 0.2) is 158 Å². The van der Waals surface area contributed by atoms with Crippen molar-refractivity contribution in [2.24, 2.45) is 0 Å². The molecule has 0 saturated carbocycles. The Morgan fingerprint density at radius 1 is 0.340 bits per heavy atom. The van der Waals surface area contributed by atoms with Crippen LogP contribution < -0.4 is 0 Å². The van der Waals surface area contributed by atoms with E-state index in [0.717, 1.165) is 61.1 Å². The average molecular weight is 603 g/mol. The van der Waals surface area contributed by atoms with E-state index in [-0.39, 0.29) is 0 Å². The number of pyridine rings is 2. The normalized spacial score (nSPS) is 11.4.